The first-order chi connectivity index (χ1) is 13.5. The summed E-state index contributed by atoms with van der Waals surface area (Å²) in [6, 6.07) is 4.52. The van der Waals surface area contributed by atoms with Gasteiger partial charge in [-0.05, 0) is 44.7 Å². The maximum atomic E-state index is 11.2. The van der Waals surface area contributed by atoms with Crippen molar-refractivity contribution in [3.8, 4) is 0 Å². The number of rotatable bonds is 6. The van der Waals surface area contributed by atoms with Crippen LogP contribution >= 0.6 is 0 Å². The number of carbonyl (C=O) groups is 1. The summed E-state index contributed by atoms with van der Waals surface area (Å²) in [6.07, 6.45) is 4.74. The Labute approximate surface area is 163 Å². The van der Waals surface area contributed by atoms with E-state index in [4.69, 9.17) is 10.2 Å². The Bertz CT molecular complexity index is 945. The van der Waals surface area contributed by atoms with Gasteiger partial charge < -0.3 is 15.1 Å². The Morgan fingerprint density at radius 3 is 3.00 bits per heavy atom. The van der Waals surface area contributed by atoms with Gasteiger partial charge in [0.25, 0.3) is 6.01 Å². The molecule has 2 N–H and O–H groups in total. The molecule has 1 unspecified atom stereocenters. The highest BCUT2D eigenvalue weighted by Gasteiger charge is 2.26. The van der Waals surface area contributed by atoms with E-state index in [-0.39, 0.29) is 12.5 Å². The lowest BCUT2D eigenvalue weighted by Crippen LogP contribution is -2.36. The second-order valence-corrected chi connectivity index (χ2v) is 7.61. The number of fused-ring (bicyclic) bond motifs is 1. The minimum Gasteiger partial charge on any atom is -0.422 e. The lowest BCUT2D eigenvalue weighted by molar-refractivity contribution is -0.117. The summed E-state index contributed by atoms with van der Waals surface area (Å²) in [7, 11) is 0. The number of piperidine rings is 1. The molecule has 4 rings (SSSR count). The van der Waals surface area contributed by atoms with Gasteiger partial charge in [0.1, 0.15) is 5.82 Å². The molecule has 0 radical (unpaired) electrons. The molecule has 0 bridgehead atoms. The van der Waals surface area contributed by atoms with E-state index >= 15 is 0 Å². The first kappa shape index (κ1) is 18.4. The van der Waals surface area contributed by atoms with Crippen LogP contribution in [0.15, 0.2) is 22.7 Å². The SMILES string of the molecule is CC(C)n1nc(CC(N)=O)nc1CC1CCCN(c2nc3ncccc3o2)C1. The van der Waals surface area contributed by atoms with Crippen LogP contribution in [-0.4, -0.2) is 43.7 Å². The number of aromatic nitrogens is 5. The van der Waals surface area contributed by atoms with E-state index < -0.39 is 5.91 Å². The lowest BCUT2D eigenvalue weighted by atomic mass is 9.94. The molecule has 1 saturated heterocycles. The zero-order chi connectivity index (χ0) is 19.7. The fourth-order valence-electron chi connectivity index (χ4n) is 3.74. The highest BCUT2D eigenvalue weighted by Crippen LogP contribution is 2.27. The summed E-state index contributed by atoms with van der Waals surface area (Å²) in [5.41, 5.74) is 6.64. The molecule has 0 spiro atoms. The van der Waals surface area contributed by atoms with Gasteiger partial charge in [-0.3, -0.25) is 4.79 Å². The number of primary amides is 1. The van der Waals surface area contributed by atoms with E-state index in [0.29, 0.717) is 29.0 Å². The second-order valence-electron chi connectivity index (χ2n) is 7.61. The molecule has 3 aromatic rings. The first-order valence-corrected chi connectivity index (χ1v) is 9.68. The Morgan fingerprint density at radius 1 is 1.39 bits per heavy atom. The van der Waals surface area contributed by atoms with Crippen molar-refractivity contribution >= 4 is 23.2 Å². The quantitative estimate of drug-likeness (QED) is 0.691. The topological polar surface area (TPSA) is 116 Å². The molecule has 28 heavy (non-hydrogen) atoms. The van der Waals surface area contributed by atoms with Crippen molar-refractivity contribution in [2.45, 2.75) is 45.6 Å². The molecule has 1 aliphatic rings. The number of hydrogen-bond acceptors (Lipinski definition) is 7. The Balaban J connectivity index is 1.50. The third-order valence-electron chi connectivity index (χ3n) is 4.98. The molecule has 0 aromatic carbocycles. The van der Waals surface area contributed by atoms with Crippen LogP contribution in [-0.2, 0) is 17.6 Å². The summed E-state index contributed by atoms with van der Waals surface area (Å²) in [5.74, 6) is 1.38. The van der Waals surface area contributed by atoms with E-state index in [1.54, 1.807) is 6.20 Å². The summed E-state index contributed by atoms with van der Waals surface area (Å²) in [4.78, 5) is 26.8. The predicted octanol–water partition coefficient (Wildman–Crippen LogP) is 1.88. The molecule has 1 aliphatic heterocycles. The number of nitrogens with zero attached hydrogens (tertiary/aromatic N) is 6. The van der Waals surface area contributed by atoms with Gasteiger partial charge in [-0.1, -0.05) is 0 Å². The minimum absolute atomic E-state index is 0.0689. The largest absolute Gasteiger partial charge is 0.422 e. The highest BCUT2D eigenvalue weighted by atomic mass is 16.4. The summed E-state index contributed by atoms with van der Waals surface area (Å²) in [5, 5.41) is 4.47. The van der Waals surface area contributed by atoms with Gasteiger partial charge in [-0.25, -0.2) is 14.6 Å². The fourth-order valence-corrected chi connectivity index (χ4v) is 3.74. The smallest absolute Gasteiger partial charge is 0.299 e. The number of carbonyl (C=O) groups excluding carboxylic acids is 1. The highest BCUT2D eigenvalue weighted by molar-refractivity contribution is 5.75. The van der Waals surface area contributed by atoms with E-state index in [0.717, 1.165) is 38.2 Å². The van der Waals surface area contributed by atoms with Crippen molar-refractivity contribution in [2.24, 2.45) is 11.7 Å². The molecule has 3 aromatic heterocycles. The van der Waals surface area contributed by atoms with E-state index in [2.05, 4.69) is 38.8 Å². The predicted molar refractivity (Wildman–Crippen MR) is 104 cm³/mol. The average molecular weight is 383 g/mol. The number of oxazole rings is 1. The van der Waals surface area contributed by atoms with Gasteiger partial charge in [0.05, 0.1) is 6.42 Å². The van der Waals surface area contributed by atoms with Crippen molar-refractivity contribution in [3.05, 3.63) is 30.0 Å². The first-order valence-electron chi connectivity index (χ1n) is 9.68. The Kier molecular flexibility index (Phi) is 4.97. The van der Waals surface area contributed by atoms with Crippen LogP contribution in [0.4, 0.5) is 6.01 Å². The zero-order valence-corrected chi connectivity index (χ0v) is 16.2. The fraction of sp³-hybridized carbons (Fsp3) is 0.526. The van der Waals surface area contributed by atoms with Gasteiger partial charge >= 0.3 is 0 Å². The third-order valence-corrected chi connectivity index (χ3v) is 4.98. The molecule has 1 amide bonds. The number of anilines is 1. The van der Waals surface area contributed by atoms with E-state index in [1.165, 1.54) is 0 Å². The van der Waals surface area contributed by atoms with Crippen LogP contribution in [0.2, 0.25) is 0 Å². The van der Waals surface area contributed by atoms with Crippen LogP contribution < -0.4 is 10.6 Å². The van der Waals surface area contributed by atoms with Gasteiger partial charge in [-0.2, -0.15) is 10.1 Å². The zero-order valence-electron chi connectivity index (χ0n) is 16.2. The van der Waals surface area contributed by atoms with Crippen molar-refractivity contribution in [2.75, 3.05) is 18.0 Å². The van der Waals surface area contributed by atoms with Crippen molar-refractivity contribution in [1.82, 2.24) is 24.7 Å². The Hall–Kier alpha value is -2.97. The number of nitrogens with two attached hydrogens (primary N) is 1. The second kappa shape index (κ2) is 7.57. The molecule has 4 heterocycles. The van der Waals surface area contributed by atoms with Crippen molar-refractivity contribution in [1.29, 1.82) is 0 Å². The van der Waals surface area contributed by atoms with Crippen LogP contribution in [0, 0.1) is 5.92 Å². The van der Waals surface area contributed by atoms with Gasteiger partial charge in [-0.15, -0.1) is 0 Å². The van der Waals surface area contributed by atoms with Crippen molar-refractivity contribution in [3.63, 3.8) is 0 Å². The number of pyridine rings is 1. The molecule has 9 heteroatoms. The standard InChI is InChI=1S/C19H25N7O2/c1-12(2)26-17(22-16(24-26)10-15(20)27)9-13-5-4-8-25(11-13)19-23-18-14(28-19)6-3-7-21-18/h3,6-7,12-13H,4-5,8-11H2,1-2H3,(H2,20,27). The van der Waals surface area contributed by atoms with Gasteiger partial charge in [0.15, 0.2) is 11.4 Å². The molecular formula is C19H25N7O2. The maximum absolute atomic E-state index is 11.2. The van der Waals surface area contributed by atoms with Gasteiger partial charge in [0, 0.05) is 31.7 Å². The Morgan fingerprint density at radius 2 is 2.25 bits per heavy atom. The molecule has 1 atom stereocenters. The summed E-state index contributed by atoms with van der Waals surface area (Å²) < 4.78 is 7.79. The van der Waals surface area contributed by atoms with E-state index in [9.17, 15) is 4.79 Å². The van der Waals surface area contributed by atoms with Crippen LogP contribution in [0.3, 0.4) is 0 Å². The van der Waals surface area contributed by atoms with E-state index in [1.807, 2.05) is 16.8 Å². The summed E-state index contributed by atoms with van der Waals surface area (Å²) in [6.45, 7) is 5.87. The van der Waals surface area contributed by atoms with Crippen LogP contribution in [0.5, 0.6) is 0 Å². The number of amides is 1. The average Bonchev–Trinajstić information content (AvgIpc) is 3.25. The third kappa shape index (κ3) is 3.83. The molecule has 9 nitrogen and oxygen atoms in total. The van der Waals surface area contributed by atoms with Crippen molar-refractivity contribution < 1.29 is 9.21 Å². The molecule has 0 aliphatic carbocycles. The van der Waals surface area contributed by atoms with Crippen LogP contribution in [0.25, 0.3) is 11.2 Å². The molecule has 1 fully saturated rings. The molecule has 0 saturated carbocycles. The monoisotopic (exact) mass is 383 g/mol. The normalized spacial score (nSPS) is 17.5. The van der Waals surface area contributed by atoms with Crippen LogP contribution in [0.1, 0.15) is 44.4 Å². The van der Waals surface area contributed by atoms with Gasteiger partial charge in [0.2, 0.25) is 11.6 Å². The summed E-state index contributed by atoms with van der Waals surface area (Å²) >= 11 is 0. The molecular weight excluding hydrogens is 358 g/mol. The lowest BCUT2D eigenvalue weighted by Gasteiger charge is -2.31. The number of hydrogen-bond donors (Lipinski definition) is 1. The molecule has 148 valence electrons. The maximum Gasteiger partial charge on any atom is 0.299 e. The minimum atomic E-state index is -0.416.